The minimum Gasteiger partial charge on any atom is -0.368 e. The predicted octanol–water partition coefficient (Wildman–Crippen LogP) is 3.20. The van der Waals surface area contributed by atoms with Gasteiger partial charge in [0.1, 0.15) is 5.78 Å². The maximum atomic E-state index is 11.4. The third-order valence-electron chi connectivity index (χ3n) is 3.51. The number of aryl methyl sites for hydroxylation is 1. The smallest absolute Gasteiger partial charge is 0.136 e. The number of benzene rings is 1. The number of piperidine rings is 1. The number of para-hydroxylation sites is 1. The molecule has 1 aliphatic rings. The number of rotatable bonds is 3. The van der Waals surface area contributed by atoms with Gasteiger partial charge in [-0.25, -0.2) is 0 Å². The van der Waals surface area contributed by atoms with Crippen LogP contribution in [0.15, 0.2) is 24.3 Å². The molecule has 2 heteroatoms. The summed E-state index contributed by atoms with van der Waals surface area (Å²) in [5, 5.41) is 0. The first-order valence-corrected chi connectivity index (χ1v) is 6.58. The summed E-state index contributed by atoms with van der Waals surface area (Å²) in [6.07, 6.45) is 3.68. The van der Waals surface area contributed by atoms with E-state index in [1.54, 1.807) is 0 Å². The van der Waals surface area contributed by atoms with Gasteiger partial charge in [0.05, 0.1) is 0 Å². The Labute approximate surface area is 104 Å². The van der Waals surface area contributed by atoms with Gasteiger partial charge in [-0.1, -0.05) is 31.5 Å². The van der Waals surface area contributed by atoms with Crippen LogP contribution in [0, 0.1) is 0 Å². The number of ketones is 1. The van der Waals surface area contributed by atoms with E-state index >= 15 is 0 Å². The fourth-order valence-corrected chi connectivity index (χ4v) is 2.64. The molecule has 2 nitrogen and oxygen atoms in total. The van der Waals surface area contributed by atoms with Crippen molar-refractivity contribution in [1.82, 2.24) is 0 Å². The van der Waals surface area contributed by atoms with Crippen molar-refractivity contribution in [2.24, 2.45) is 0 Å². The molecule has 17 heavy (non-hydrogen) atoms. The third kappa shape index (κ3) is 2.68. The van der Waals surface area contributed by atoms with Gasteiger partial charge in [0.15, 0.2) is 0 Å². The first-order chi connectivity index (χ1) is 8.22. The summed E-state index contributed by atoms with van der Waals surface area (Å²) in [7, 11) is 0. The van der Waals surface area contributed by atoms with Gasteiger partial charge in [-0.05, 0) is 25.0 Å². The van der Waals surface area contributed by atoms with E-state index in [1.165, 1.54) is 11.3 Å². The molecule has 1 atom stereocenters. The quantitative estimate of drug-likeness (QED) is 0.796. The Morgan fingerprint density at radius 1 is 1.35 bits per heavy atom. The number of carbonyl (C=O) groups is 1. The van der Waals surface area contributed by atoms with Gasteiger partial charge in [-0.3, -0.25) is 4.79 Å². The molecule has 1 aliphatic heterocycles. The Kier molecular flexibility index (Phi) is 3.82. The fourth-order valence-electron chi connectivity index (χ4n) is 2.64. The highest BCUT2D eigenvalue weighted by molar-refractivity contribution is 5.81. The zero-order valence-corrected chi connectivity index (χ0v) is 10.8. The molecule has 0 radical (unpaired) electrons. The Bertz CT molecular complexity index is 400. The standard InChI is InChI=1S/C15H21NO/c1-3-6-13-7-4-5-8-15(13)16-10-9-14(17)11-12(16)2/h4-5,7-8,12H,3,6,9-11H2,1-2H3. The molecule has 0 bridgehead atoms. The lowest BCUT2D eigenvalue weighted by Gasteiger charge is -2.36. The molecule has 0 amide bonds. The first kappa shape index (κ1) is 12.2. The van der Waals surface area contributed by atoms with Crippen LogP contribution in [-0.4, -0.2) is 18.4 Å². The van der Waals surface area contributed by atoms with E-state index in [0.717, 1.165) is 19.4 Å². The van der Waals surface area contributed by atoms with Crippen LogP contribution >= 0.6 is 0 Å². The monoisotopic (exact) mass is 231 g/mol. The summed E-state index contributed by atoms with van der Waals surface area (Å²) in [5.41, 5.74) is 2.74. The minimum absolute atomic E-state index is 0.342. The van der Waals surface area contributed by atoms with Crippen molar-refractivity contribution in [1.29, 1.82) is 0 Å². The van der Waals surface area contributed by atoms with E-state index in [0.29, 0.717) is 24.7 Å². The van der Waals surface area contributed by atoms with E-state index in [9.17, 15) is 4.79 Å². The van der Waals surface area contributed by atoms with Crippen molar-refractivity contribution in [2.45, 2.75) is 45.6 Å². The van der Waals surface area contributed by atoms with Crippen LogP contribution in [0.5, 0.6) is 0 Å². The summed E-state index contributed by atoms with van der Waals surface area (Å²) in [6, 6.07) is 8.94. The highest BCUT2D eigenvalue weighted by Crippen LogP contribution is 2.27. The van der Waals surface area contributed by atoms with Gasteiger partial charge < -0.3 is 4.90 Å². The summed E-state index contributed by atoms with van der Waals surface area (Å²) < 4.78 is 0. The van der Waals surface area contributed by atoms with Gasteiger partial charge in [0, 0.05) is 31.1 Å². The molecule has 92 valence electrons. The Morgan fingerprint density at radius 2 is 2.12 bits per heavy atom. The number of nitrogens with zero attached hydrogens (tertiary/aromatic N) is 1. The highest BCUT2D eigenvalue weighted by Gasteiger charge is 2.24. The normalized spacial score (nSPS) is 20.7. The van der Waals surface area contributed by atoms with Crippen molar-refractivity contribution in [3.05, 3.63) is 29.8 Å². The Balaban J connectivity index is 2.23. The summed E-state index contributed by atoms with van der Waals surface area (Å²) in [5.74, 6) is 0.404. The molecule has 2 rings (SSSR count). The second kappa shape index (κ2) is 5.35. The van der Waals surface area contributed by atoms with E-state index in [4.69, 9.17) is 0 Å². The lowest BCUT2D eigenvalue weighted by Crippen LogP contribution is -2.41. The topological polar surface area (TPSA) is 20.3 Å². The second-order valence-electron chi connectivity index (χ2n) is 4.91. The molecule has 1 aromatic carbocycles. The lowest BCUT2D eigenvalue weighted by molar-refractivity contribution is -0.120. The van der Waals surface area contributed by atoms with Crippen molar-refractivity contribution in [3.63, 3.8) is 0 Å². The number of carbonyl (C=O) groups excluding carboxylic acids is 1. The van der Waals surface area contributed by atoms with Crippen LogP contribution in [-0.2, 0) is 11.2 Å². The average Bonchev–Trinajstić information content (AvgIpc) is 2.31. The molecular formula is C15H21NO. The molecule has 0 saturated carbocycles. The van der Waals surface area contributed by atoms with Crippen LogP contribution < -0.4 is 4.90 Å². The summed E-state index contributed by atoms with van der Waals surface area (Å²) in [6.45, 7) is 5.24. The van der Waals surface area contributed by atoms with Crippen molar-refractivity contribution in [2.75, 3.05) is 11.4 Å². The van der Waals surface area contributed by atoms with Crippen molar-refractivity contribution >= 4 is 11.5 Å². The first-order valence-electron chi connectivity index (χ1n) is 6.58. The molecule has 1 fully saturated rings. The minimum atomic E-state index is 0.342. The van der Waals surface area contributed by atoms with E-state index in [-0.39, 0.29) is 0 Å². The number of hydrogen-bond donors (Lipinski definition) is 0. The van der Waals surface area contributed by atoms with Crippen molar-refractivity contribution in [3.8, 4) is 0 Å². The van der Waals surface area contributed by atoms with Crippen LogP contribution in [0.2, 0.25) is 0 Å². The van der Waals surface area contributed by atoms with E-state index in [2.05, 4.69) is 43.0 Å². The van der Waals surface area contributed by atoms with Crippen LogP contribution in [0.1, 0.15) is 38.7 Å². The molecule has 0 spiro atoms. The predicted molar refractivity (Wildman–Crippen MR) is 71.5 cm³/mol. The second-order valence-corrected chi connectivity index (χ2v) is 4.91. The fraction of sp³-hybridized carbons (Fsp3) is 0.533. The molecule has 1 aromatic rings. The number of anilines is 1. The maximum absolute atomic E-state index is 11.4. The summed E-state index contributed by atoms with van der Waals surface area (Å²) in [4.78, 5) is 13.8. The van der Waals surface area contributed by atoms with Gasteiger partial charge in [-0.2, -0.15) is 0 Å². The van der Waals surface area contributed by atoms with Crippen LogP contribution in [0.25, 0.3) is 0 Å². The van der Waals surface area contributed by atoms with E-state index < -0.39 is 0 Å². The maximum Gasteiger partial charge on any atom is 0.136 e. The molecule has 0 aliphatic carbocycles. The molecule has 1 heterocycles. The SMILES string of the molecule is CCCc1ccccc1N1CCC(=O)CC1C. The van der Waals surface area contributed by atoms with Gasteiger partial charge in [0.25, 0.3) is 0 Å². The van der Waals surface area contributed by atoms with Crippen LogP contribution in [0.3, 0.4) is 0 Å². The summed E-state index contributed by atoms with van der Waals surface area (Å²) >= 11 is 0. The zero-order valence-electron chi connectivity index (χ0n) is 10.8. The van der Waals surface area contributed by atoms with Crippen LogP contribution in [0.4, 0.5) is 5.69 Å². The molecule has 0 aromatic heterocycles. The van der Waals surface area contributed by atoms with Gasteiger partial charge >= 0.3 is 0 Å². The largest absolute Gasteiger partial charge is 0.368 e. The zero-order chi connectivity index (χ0) is 12.3. The molecule has 1 unspecified atom stereocenters. The van der Waals surface area contributed by atoms with E-state index in [1.807, 2.05) is 0 Å². The number of Topliss-reactive ketones (excluding diaryl/α,β-unsaturated/α-hetero) is 1. The molecule has 0 N–H and O–H groups in total. The van der Waals surface area contributed by atoms with Gasteiger partial charge in [0.2, 0.25) is 0 Å². The Morgan fingerprint density at radius 3 is 2.82 bits per heavy atom. The molecular weight excluding hydrogens is 210 g/mol. The van der Waals surface area contributed by atoms with Gasteiger partial charge in [-0.15, -0.1) is 0 Å². The average molecular weight is 231 g/mol. The highest BCUT2D eigenvalue weighted by atomic mass is 16.1. The molecule has 1 saturated heterocycles. The third-order valence-corrected chi connectivity index (χ3v) is 3.51. The number of hydrogen-bond acceptors (Lipinski definition) is 2. The lowest BCUT2D eigenvalue weighted by atomic mass is 9.99. The van der Waals surface area contributed by atoms with Crippen molar-refractivity contribution < 1.29 is 4.79 Å². The Hall–Kier alpha value is -1.31.